The van der Waals surface area contributed by atoms with E-state index in [1.54, 1.807) is 5.57 Å². The lowest BCUT2D eigenvalue weighted by Crippen LogP contribution is -2.52. The van der Waals surface area contributed by atoms with E-state index in [0.29, 0.717) is 11.3 Å². The molecule has 140 valence electrons. The van der Waals surface area contributed by atoms with E-state index in [4.69, 9.17) is 4.42 Å². The van der Waals surface area contributed by atoms with Crippen molar-refractivity contribution in [3.8, 4) is 0 Å². The summed E-state index contributed by atoms with van der Waals surface area (Å²) in [4.78, 5) is 0. The molecule has 2 heteroatoms. The van der Waals surface area contributed by atoms with Gasteiger partial charge in [-0.2, -0.15) is 0 Å². The summed E-state index contributed by atoms with van der Waals surface area (Å²) in [6, 6.07) is 4.16. The van der Waals surface area contributed by atoms with Gasteiger partial charge >= 0.3 is 0 Å². The molecule has 7 atom stereocenters. The highest BCUT2D eigenvalue weighted by molar-refractivity contribution is 5.69. The van der Waals surface area contributed by atoms with Crippen LogP contribution in [0.2, 0.25) is 0 Å². The van der Waals surface area contributed by atoms with Gasteiger partial charge in [-0.15, -0.1) is 0 Å². The van der Waals surface area contributed by atoms with Crippen LogP contribution >= 0.6 is 0 Å². The van der Waals surface area contributed by atoms with E-state index < -0.39 is 0 Å². The van der Waals surface area contributed by atoms with Gasteiger partial charge in [-0.3, -0.25) is 0 Å². The number of hydrogen-bond acceptors (Lipinski definition) is 2. The van der Waals surface area contributed by atoms with Gasteiger partial charge in [0.2, 0.25) is 0 Å². The third-order valence-corrected chi connectivity index (χ3v) is 8.78. The number of aliphatic hydroxyl groups excluding tert-OH is 1. The lowest BCUT2D eigenvalue weighted by molar-refractivity contribution is -0.0428. The largest absolute Gasteiger partial charge is 0.465 e. The van der Waals surface area contributed by atoms with Crippen molar-refractivity contribution in [2.24, 2.45) is 34.5 Å². The molecule has 0 amide bonds. The molecular weight excluding hydrogens is 320 g/mol. The molecule has 0 radical (unpaired) electrons. The smallest absolute Gasteiger partial charge is 0.130 e. The van der Waals surface area contributed by atoms with Gasteiger partial charge in [0.25, 0.3) is 0 Å². The van der Waals surface area contributed by atoms with Crippen molar-refractivity contribution in [1.29, 1.82) is 0 Å². The van der Waals surface area contributed by atoms with Crippen LogP contribution in [0.25, 0.3) is 5.57 Å². The molecule has 1 heterocycles. The van der Waals surface area contributed by atoms with E-state index in [2.05, 4.69) is 39.0 Å². The number of hydrogen-bond donors (Lipinski definition) is 1. The lowest BCUT2D eigenvalue weighted by atomic mass is 9.45. The number of aliphatic hydroxyl groups is 1. The normalized spacial score (nSPS) is 47.5. The van der Waals surface area contributed by atoms with Crippen molar-refractivity contribution < 1.29 is 9.52 Å². The average Bonchev–Trinajstić information content (AvgIpc) is 3.23. The summed E-state index contributed by atoms with van der Waals surface area (Å²) in [5.74, 6) is 3.94. The van der Waals surface area contributed by atoms with Crippen LogP contribution in [0.1, 0.15) is 65.1 Å². The van der Waals surface area contributed by atoms with Crippen molar-refractivity contribution in [2.45, 2.75) is 65.4 Å². The quantitative estimate of drug-likeness (QED) is 0.644. The SMILES string of the molecule is CC1C=C2CC(O)CC[C@]2(C)[C@@H]2CC[C@]3(C)C(c4ccco4)=CC[C@H]3[C@H]12. The summed E-state index contributed by atoms with van der Waals surface area (Å²) in [6.45, 7) is 7.43. The second-order valence-electron chi connectivity index (χ2n) is 9.94. The van der Waals surface area contributed by atoms with Gasteiger partial charge in [-0.1, -0.05) is 38.5 Å². The first-order valence-corrected chi connectivity index (χ1v) is 10.6. The molecule has 2 fully saturated rings. The van der Waals surface area contributed by atoms with E-state index >= 15 is 0 Å². The van der Waals surface area contributed by atoms with Crippen LogP contribution in [-0.4, -0.2) is 11.2 Å². The van der Waals surface area contributed by atoms with E-state index in [0.717, 1.165) is 42.8 Å². The highest BCUT2D eigenvalue weighted by atomic mass is 16.3. The van der Waals surface area contributed by atoms with Crippen LogP contribution in [-0.2, 0) is 0 Å². The maximum Gasteiger partial charge on any atom is 0.130 e. The Kier molecular flexibility index (Phi) is 3.64. The topological polar surface area (TPSA) is 33.4 Å². The number of rotatable bonds is 1. The Hall–Kier alpha value is -1.28. The lowest BCUT2D eigenvalue weighted by Gasteiger charge is -2.59. The van der Waals surface area contributed by atoms with Crippen molar-refractivity contribution in [1.82, 2.24) is 0 Å². The Labute approximate surface area is 157 Å². The first-order valence-electron chi connectivity index (χ1n) is 10.6. The van der Waals surface area contributed by atoms with Gasteiger partial charge < -0.3 is 9.52 Å². The van der Waals surface area contributed by atoms with Gasteiger partial charge in [0, 0.05) is 0 Å². The fourth-order valence-corrected chi connectivity index (χ4v) is 7.38. The Balaban J connectivity index is 1.52. The fraction of sp³-hybridized carbons (Fsp3) is 0.667. The Bertz CT molecular complexity index is 757. The van der Waals surface area contributed by atoms with Crippen LogP contribution in [0, 0.1) is 34.5 Å². The molecule has 4 aliphatic rings. The van der Waals surface area contributed by atoms with Crippen molar-refractivity contribution in [3.05, 3.63) is 41.9 Å². The minimum absolute atomic E-state index is 0.120. The predicted octanol–water partition coefficient (Wildman–Crippen LogP) is 5.84. The van der Waals surface area contributed by atoms with Gasteiger partial charge in [0.15, 0.2) is 0 Å². The summed E-state index contributed by atoms with van der Waals surface area (Å²) in [7, 11) is 0. The summed E-state index contributed by atoms with van der Waals surface area (Å²) in [6.07, 6.45) is 13.5. The van der Waals surface area contributed by atoms with Crippen LogP contribution in [0.3, 0.4) is 0 Å². The second kappa shape index (κ2) is 5.61. The van der Waals surface area contributed by atoms with Crippen LogP contribution < -0.4 is 0 Å². The van der Waals surface area contributed by atoms with E-state index in [1.165, 1.54) is 24.8 Å². The van der Waals surface area contributed by atoms with E-state index in [-0.39, 0.29) is 11.5 Å². The molecule has 2 nitrogen and oxygen atoms in total. The minimum atomic E-state index is -0.120. The summed E-state index contributed by atoms with van der Waals surface area (Å²) < 4.78 is 5.80. The molecule has 1 N–H and O–H groups in total. The van der Waals surface area contributed by atoms with Gasteiger partial charge in [0.1, 0.15) is 5.76 Å². The molecule has 1 aromatic heterocycles. The van der Waals surface area contributed by atoms with Crippen molar-refractivity contribution >= 4 is 5.57 Å². The molecule has 0 spiro atoms. The van der Waals surface area contributed by atoms with Gasteiger partial charge in [0.05, 0.1) is 12.4 Å². The molecular formula is C24H32O2. The van der Waals surface area contributed by atoms with Crippen LogP contribution in [0.4, 0.5) is 0 Å². The zero-order chi connectivity index (χ0) is 18.1. The number of fused-ring (bicyclic) bond motifs is 5. The molecule has 0 bridgehead atoms. The van der Waals surface area contributed by atoms with E-state index in [1.807, 2.05) is 12.3 Å². The number of furan rings is 1. The fourth-order valence-electron chi connectivity index (χ4n) is 7.38. The summed E-state index contributed by atoms with van der Waals surface area (Å²) >= 11 is 0. The molecule has 1 aromatic rings. The average molecular weight is 353 g/mol. The standard InChI is InChI=1S/C24H32O2/c1-15-13-16-14-17(25)8-10-23(16,2)20-9-11-24(3)18(21-5-4-12-26-21)6-7-19(24)22(15)20/h4-6,12-13,15,17,19-20,22,25H,7-11,14H2,1-3H3/t15?,17?,19-,20+,22-,23-,24+/m0/s1. The first-order chi connectivity index (χ1) is 12.4. The molecule has 26 heavy (non-hydrogen) atoms. The van der Waals surface area contributed by atoms with Crippen molar-refractivity contribution in [3.63, 3.8) is 0 Å². The highest BCUT2D eigenvalue weighted by Crippen LogP contribution is 2.67. The van der Waals surface area contributed by atoms with Gasteiger partial charge in [-0.25, -0.2) is 0 Å². The van der Waals surface area contributed by atoms with Crippen LogP contribution in [0.5, 0.6) is 0 Å². The maximum atomic E-state index is 10.2. The molecule has 5 rings (SSSR count). The Morgan fingerprint density at radius 2 is 1.92 bits per heavy atom. The third kappa shape index (κ3) is 2.14. The second-order valence-corrected chi connectivity index (χ2v) is 9.94. The van der Waals surface area contributed by atoms with Gasteiger partial charge in [-0.05, 0) is 90.7 Å². The van der Waals surface area contributed by atoms with E-state index in [9.17, 15) is 5.11 Å². The van der Waals surface area contributed by atoms with Crippen LogP contribution in [0.15, 0.2) is 40.5 Å². The zero-order valence-electron chi connectivity index (χ0n) is 16.4. The number of allylic oxidation sites excluding steroid dienone is 3. The molecule has 0 saturated heterocycles. The zero-order valence-corrected chi connectivity index (χ0v) is 16.4. The minimum Gasteiger partial charge on any atom is -0.465 e. The molecule has 0 aromatic carbocycles. The summed E-state index contributed by atoms with van der Waals surface area (Å²) in [5.41, 5.74) is 3.58. The molecule has 4 aliphatic carbocycles. The molecule has 2 saturated carbocycles. The predicted molar refractivity (Wildman–Crippen MR) is 104 cm³/mol. The summed E-state index contributed by atoms with van der Waals surface area (Å²) in [5, 5.41) is 10.2. The first kappa shape index (κ1) is 16.9. The molecule has 0 aliphatic heterocycles. The highest BCUT2D eigenvalue weighted by Gasteiger charge is 2.58. The molecule has 2 unspecified atom stereocenters. The monoisotopic (exact) mass is 352 g/mol. The Morgan fingerprint density at radius 3 is 2.69 bits per heavy atom. The maximum absolute atomic E-state index is 10.2. The third-order valence-electron chi connectivity index (χ3n) is 8.78. The van der Waals surface area contributed by atoms with Crippen molar-refractivity contribution in [2.75, 3.05) is 0 Å². The Morgan fingerprint density at radius 1 is 1.12 bits per heavy atom.